The van der Waals surface area contributed by atoms with Crippen LogP contribution in [0.2, 0.25) is 0 Å². The largest absolute Gasteiger partial charge is 0.363 e. The van der Waals surface area contributed by atoms with E-state index in [1.54, 1.807) is 12.4 Å². The molecule has 0 bridgehead atoms. The minimum absolute atomic E-state index is 0.555. The normalized spacial score (nSPS) is 10.2. The van der Waals surface area contributed by atoms with Gasteiger partial charge in [-0.05, 0) is 18.6 Å². The lowest BCUT2D eigenvalue weighted by molar-refractivity contribution is 0.818. The molecule has 0 unspecified atom stereocenters. The summed E-state index contributed by atoms with van der Waals surface area (Å²) in [6.07, 6.45) is 5.61. The fraction of sp³-hybridized carbons (Fsp3) is 0.385. The summed E-state index contributed by atoms with van der Waals surface area (Å²) in [4.78, 5) is 8.57. The van der Waals surface area contributed by atoms with E-state index in [2.05, 4.69) is 37.7 Å². The number of nitrogens with one attached hydrogen (secondary N) is 2. The molecule has 0 saturated carbocycles. The minimum Gasteiger partial charge on any atom is -0.363 e. The number of unbranched alkanes of at least 4 members (excludes halogenated alkanes) is 1. The van der Waals surface area contributed by atoms with Crippen LogP contribution < -0.4 is 10.6 Å². The maximum atomic E-state index is 4.34. The average molecular weight is 258 g/mol. The number of nitrogens with zero attached hydrogens (tertiary/aromatic N) is 4. The number of aromatic nitrogens is 4. The standard InChI is InChI=1S/C13H18N6/c1-2-3-7-15-13-18-12(10-17-19-13)16-9-11-6-4-5-8-14-11/h4-6,8,10H,2-3,7,9H2,1H3,(H2,15,16,18,19). The third-order valence-electron chi connectivity index (χ3n) is 2.55. The molecule has 0 radical (unpaired) electrons. The summed E-state index contributed by atoms with van der Waals surface area (Å²) in [6.45, 7) is 3.63. The Bertz CT molecular complexity index is 488. The fourth-order valence-electron chi connectivity index (χ4n) is 1.52. The van der Waals surface area contributed by atoms with Gasteiger partial charge in [0.05, 0.1) is 18.4 Å². The van der Waals surface area contributed by atoms with Gasteiger partial charge in [-0.2, -0.15) is 10.1 Å². The van der Waals surface area contributed by atoms with Crippen molar-refractivity contribution in [3.8, 4) is 0 Å². The highest BCUT2D eigenvalue weighted by atomic mass is 15.3. The average Bonchev–Trinajstić information content (AvgIpc) is 2.47. The van der Waals surface area contributed by atoms with Gasteiger partial charge in [0.25, 0.3) is 0 Å². The zero-order chi connectivity index (χ0) is 13.3. The van der Waals surface area contributed by atoms with E-state index in [4.69, 9.17) is 0 Å². The highest BCUT2D eigenvalue weighted by Gasteiger charge is 2.00. The SMILES string of the molecule is CCCCNc1nncc(NCc2ccccn2)n1. The summed E-state index contributed by atoms with van der Waals surface area (Å²) in [5.41, 5.74) is 0.960. The third-order valence-corrected chi connectivity index (χ3v) is 2.55. The van der Waals surface area contributed by atoms with E-state index in [9.17, 15) is 0 Å². The molecule has 2 N–H and O–H groups in total. The van der Waals surface area contributed by atoms with Crippen molar-refractivity contribution < 1.29 is 0 Å². The molecule has 0 amide bonds. The molecule has 0 aliphatic rings. The van der Waals surface area contributed by atoms with E-state index < -0.39 is 0 Å². The van der Waals surface area contributed by atoms with Crippen molar-refractivity contribution in [3.63, 3.8) is 0 Å². The van der Waals surface area contributed by atoms with Crippen LogP contribution in [0.25, 0.3) is 0 Å². The number of anilines is 2. The second kappa shape index (κ2) is 7.25. The zero-order valence-corrected chi connectivity index (χ0v) is 11.0. The second-order valence-corrected chi connectivity index (χ2v) is 4.12. The van der Waals surface area contributed by atoms with E-state index in [1.165, 1.54) is 0 Å². The van der Waals surface area contributed by atoms with Crippen molar-refractivity contribution in [2.75, 3.05) is 17.2 Å². The molecule has 0 aliphatic heterocycles. The van der Waals surface area contributed by atoms with Gasteiger partial charge in [0.2, 0.25) is 5.95 Å². The first-order valence-corrected chi connectivity index (χ1v) is 6.46. The van der Waals surface area contributed by atoms with E-state index in [1.807, 2.05) is 18.2 Å². The van der Waals surface area contributed by atoms with Gasteiger partial charge in [-0.3, -0.25) is 4.98 Å². The van der Waals surface area contributed by atoms with E-state index in [0.29, 0.717) is 18.3 Å². The van der Waals surface area contributed by atoms with E-state index in [-0.39, 0.29) is 0 Å². The number of hydrogen-bond donors (Lipinski definition) is 2. The Labute approximate surface area is 112 Å². The molecule has 0 spiro atoms. The molecule has 0 aliphatic carbocycles. The molecule has 0 aromatic carbocycles. The Kier molecular flexibility index (Phi) is 5.04. The van der Waals surface area contributed by atoms with Crippen LogP contribution in [0.5, 0.6) is 0 Å². The monoisotopic (exact) mass is 258 g/mol. The van der Waals surface area contributed by atoms with Gasteiger partial charge in [-0.15, -0.1) is 5.10 Å². The molecule has 100 valence electrons. The first-order chi connectivity index (χ1) is 9.38. The first kappa shape index (κ1) is 13.2. The zero-order valence-electron chi connectivity index (χ0n) is 11.0. The van der Waals surface area contributed by atoms with Gasteiger partial charge in [0.15, 0.2) is 5.82 Å². The van der Waals surface area contributed by atoms with Gasteiger partial charge < -0.3 is 10.6 Å². The highest BCUT2D eigenvalue weighted by Crippen LogP contribution is 2.05. The van der Waals surface area contributed by atoms with Crippen LogP contribution in [0, 0.1) is 0 Å². The van der Waals surface area contributed by atoms with Crippen LogP contribution in [0.3, 0.4) is 0 Å². The molecular weight excluding hydrogens is 240 g/mol. The Hall–Kier alpha value is -2.24. The van der Waals surface area contributed by atoms with Crippen LogP contribution in [-0.2, 0) is 6.54 Å². The molecule has 2 heterocycles. The summed E-state index contributed by atoms with van der Waals surface area (Å²) < 4.78 is 0. The molecule has 2 rings (SSSR count). The fourth-order valence-corrected chi connectivity index (χ4v) is 1.52. The van der Waals surface area contributed by atoms with Crippen molar-refractivity contribution in [1.82, 2.24) is 20.2 Å². The molecule has 2 aromatic heterocycles. The molecule has 6 heteroatoms. The third kappa shape index (κ3) is 4.50. The van der Waals surface area contributed by atoms with Crippen LogP contribution in [0.15, 0.2) is 30.6 Å². The van der Waals surface area contributed by atoms with Gasteiger partial charge >= 0.3 is 0 Å². The number of pyridine rings is 1. The molecule has 0 fully saturated rings. The van der Waals surface area contributed by atoms with E-state index >= 15 is 0 Å². The predicted octanol–water partition coefficient (Wildman–Crippen LogP) is 2.09. The predicted molar refractivity (Wildman–Crippen MR) is 74.8 cm³/mol. The Morgan fingerprint density at radius 1 is 1.21 bits per heavy atom. The Morgan fingerprint density at radius 3 is 2.95 bits per heavy atom. The first-order valence-electron chi connectivity index (χ1n) is 6.46. The van der Waals surface area contributed by atoms with Gasteiger partial charge in [0, 0.05) is 12.7 Å². The molecule has 6 nitrogen and oxygen atoms in total. The van der Waals surface area contributed by atoms with Crippen molar-refractivity contribution in [3.05, 3.63) is 36.3 Å². The smallest absolute Gasteiger partial charge is 0.244 e. The van der Waals surface area contributed by atoms with Crippen LogP contribution >= 0.6 is 0 Å². The maximum Gasteiger partial charge on any atom is 0.244 e. The van der Waals surface area contributed by atoms with Crippen molar-refractivity contribution in [1.29, 1.82) is 0 Å². The summed E-state index contributed by atoms with van der Waals surface area (Å²) in [5.74, 6) is 1.25. The van der Waals surface area contributed by atoms with Gasteiger partial charge in [-0.25, -0.2) is 0 Å². The van der Waals surface area contributed by atoms with Crippen LogP contribution in [-0.4, -0.2) is 26.7 Å². The van der Waals surface area contributed by atoms with Gasteiger partial charge in [0.1, 0.15) is 0 Å². The molecule has 19 heavy (non-hydrogen) atoms. The lowest BCUT2D eigenvalue weighted by Gasteiger charge is -2.06. The van der Waals surface area contributed by atoms with Crippen molar-refractivity contribution >= 4 is 11.8 Å². The summed E-state index contributed by atoms with van der Waals surface area (Å²) in [5, 5.41) is 14.2. The molecule has 0 atom stereocenters. The molecular formula is C13H18N6. The summed E-state index contributed by atoms with van der Waals surface area (Å²) >= 11 is 0. The summed E-state index contributed by atoms with van der Waals surface area (Å²) in [7, 11) is 0. The Balaban J connectivity index is 1.88. The maximum absolute atomic E-state index is 4.34. The minimum atomic E-state index is 0.555. The lowest BCUT2D eigenvalue weighted by atomic mass is 10.3. The highest BCUT2D eigenvalue weighted by molar-refractivity contribution is 5.37. The quantitative estimate of drug-likeness (QED) is 0.741. The topological polar surface area (TPSA) is 75.6 Å². The number of hydrogen-bond acceptors (Lipinski definition) is 6. The van der Waals surface area contributed by atoms with Crippen LogP contribution in [0.4, 0.5) is 11.8 Å². The van der Waals surface area contributed by atoms with Gasteiger partial charge in [-0.1, -0.05) is 19.4 Å². The van der Waals surface area contributed by atoms with Crippen LogP contribution in [0.1, 0.15) is 25.5 Å². The van der Waals surface area contributed by atoms with Crippen molar-refractivity contribution in [2.45, 2.75) is 26.3 Å². The Morgan fingerprint density at radius 2 is 2.16 bits per heavy atom. The number of rotatable bonds is 7. The van der Waals surface area contributed by atoms with E-state index in [0.717, 1.165) is 25.1 Å². The lowest BCUT2D eigenvalue weighted by Crippen LogP contribution is -2.09. The second-order valence-electron chi connectivity index (χ2n) is 4.12. The van der Waals surface area contributed by atoms with Crippen molar-refractivity contribution in [2.24, 2.45) is 0 Å². The molecule has 2 aromatic rings. The summed E-state index contributed by atoms with van der Waals surface area (Å²) in [6, 6.07) is 5.81. The molecule has 0 saturated heterocycles.